The minimum Gasteiger partial charge on any atom is -0.512 e. The Bertz CT molecular complexity index is 5060. The van der Waals surface area contributed by atoms with Gasteiger partial charge < -0.3 is 35.1 Å². The number of aliphatic hydroxyl groups is 2. The van der Waals surface area contributed by atoms with Gasteiger partial charge in [0.1, 0.15) is 5.82 Å². The van der Waals surface area contributed by atoms with E-state index in [0.29, 0.717) is 5.69 Å². The molecule has 0 saturated carbocycles. The molecule has 113 heavy (non-hydrogen) atoms. The van der Waals surface area contributed by atoms with E-state index in [9.17, 15) is 14.0 Å². The maximum absolute atomic E-state index is 13.2. The van der Waals surface area contributed by atoms with E-state index in [1.54, 1.807) is 18.6 Å². The van der Waals surface area contributed by atoms with Crippen LogP contribution in [0, 0.1) is 56.9 Å². The van der Waals surface area contributed by atoms with Crippen molar-refractivity contribution < 1.29 is 125 Å². The van der Waals surface area contributed by atoms with E-state index >= 15 is 0 Å². The molecule has 0 aliphatic carbocycles. The van der Waals surface area contributed by atoms with Gasteiger partial charge in [-0.05, 0) is 118 Å². The van der Waals surface area contributed by atoms with Crippen LogP contribution in [0.5, 0.6) is 0 Å². The van der Waals surface area contributed by atoms with Gasteiger partial charge in [0.15, 0.2) is 11.6 Å². The Labute approximate surface area is 731 Å². The average molecular weight is 2370 g/mol. The third-order valence-corrected chi connectivity index (χ3v) is 16.3. The second kappa shape index (κ2) is 51.2. The Morgan fingerprint density at radius 1 is 0.310 bits per heavy atom. The summed E-state index contributed by atoms with van der Waals surface area (Å²) >= 11 is 0. The van der Waals surface area contributed by atoms with E-state index in [-0.39, 0.29) is 129 Å². The molecule has 0 amide bonds. The van der Waals surface area contributed by atoms with Gasteiger partial charge in [0.25, 0.3) is 0 Å². The Kier molecular flexibility index (Phi) is 43.0. The van der Waals surface area contributed by atoms with Gasteiger partial charge in [-0.25, -0.2) is 4.39 Å². The van der Waals surface area contributed by atoms with Gasteiger partial charge in [-0.3, -0.25) is 9.59 Å². The van der Waals surface area contributed by atoms with E-state index in [4.69, 9.17) is 10.2 Å². The van der Waals surface area contributed by atoms with Gasteiger partial charge in [-0.1, -0.05) is 245 Å². The third kappa shape index (κ3) is 31.2. The minimum atomic E-state index is -0.288. The van der Waals surface area contributed by atoms with Crippen LogP contribution in [0.1, 0.15) is 44.4 Å². The van der Waals surface area contributed by atoms with Crippen molar-refractivity contribution in [3.63, 3.8) is 0 Å². The number of aromatic nitrogens is 5. The zero-order valence-electron chi connectivity index (χ0n) is 63.0. The number of pyridine rings is 5. The number of carbonyl (C=O) groups excluding carboxylic acids is 2. The van der Waals surface area contributed by atoms with Crippen LogP contribution in [0.3, 0.4) is 0 Å². The zero-order valence-corrected chi connectivity index (χ0v) is 75.0. The predicted molar refractivity (Wildman–Crippen MR) is 438 cm³/mol. The number of carbonyl (C=O) groups is 2. The summed E-state index contributed by atoms with van der Waals surface area (Å²) in [5, 5.41) is 16.7. The Balaban J connectivity index is 0.000000282. The standard InChI is InChI=1S/3C18H14N.C17H11FN.C17H12N.2C5H8O2.5Ir/c2*1-14-6-2-3-7-17(14)15-9-11-16(12-10-15)18-8-4-5-13-19-18;1-14-16(15-8-3-2-4-9-15)10-7-11-17(14)18-12-5-6-13-19-18;18-16-9-10-19-17(12-16)15-8-4-7-14(11-15)13-5-2-1-3-6-13;1-2-6-14(7-3-1)15-9-11-16(12-10-15)17-8-4-5-13-18-17;2*1-4(6)3-5(2)7;;;;;/h2*2-11,13H,1H3;2-10,12-13H,1H3;1-7,9-12H;1-11,13H;2*3,6H,1-2H3;;;;;/q5*-1;;;;;;;. The first-order valence-electron chi connectivity index (χ1n) is 35.0. The number of aliphatic hydroxyl groups excluding tert-OH is 2. The third-order valence-electron chi connectivity index (χ3n) is 16.3. The van der Waals surface area contributed by atoms with Gasteiger partial charge in [0.05, 0.1) is 11.5 Å². The number of hydrogen-bond acceptors (Lipinski definition) is 9. The molecule has 0 saturated heterocycles. The fourth-order valence-electron chi connectivity index (χ4n) is 11.1. The maximum atomic E-state index is 13.2. The second-order valence-electron chi connectivity index (χ2n) is 24.6. The van der Waals surface area contributed by atoms with Crippen molar-refractivity contribution in [2.45, 2.75) is 48.5 Å². The van der Waals surface area contributed by atoms with E-state index in [1.165, 1.54) is 119 Å². The van der Waals surface area contributed by atoms with Crippen molar-refractivity contribution in [2.75, 3.05) is 0 Å². The summed E-state index contributed by atoms with van der Waals surface area (Å²) in [7, 11) is 0. The monoisotopic (exact) mass is 2380 g/mol. The molecule has 0 fully saturated rings. The first-order valence-corrected chi connectivity index (χ1v) is 35.0. The molecule has 0 aliphatic heterocycles. The van der Waals surface area contributed by atoms with Crippen LogP contribution in [0.2, 0.25) is 0 Å². The molecule has 0 unspecified atom stereocenters. The number of rotatable bonds is 12. The van der Waals surface area contributed by atoms with Crippen LogP contribution in [0.4, 0.5) is 4.39 Å². The molecule has 0 bridgehead atoms. The van der Waals surface area contributed by atoms with Gasteiger partial charge >= 0.3 is 0 Å². The Morgan fingerprint density at radius 2 is 0.673 bits per heavy atom. The minimum absolute atomic E-state index is 0. The molecule has 15 heteroatoms. The van der Waals surface area contributed by atoms with Crippen LogP contribution in [0.25, 0.3) is 112 Å². The Morgan fingerprint density at radius 3 is 1.04 bits per heavy atom. The smallest absolute Gasteiger partial charge is 0.155 e. The first-order chi connectivity index (χ1) is 52.6. The Hall–Kier alpha value is -10.5. The van der Waals surface area contributed by atoms with Crippen molar-refractivity contribution in [3.8, 4) is 112 Å². The van der Waals surface area contributed by atoms with Crippen LogP contribution in [-0.4, -0.2) is 46.7 Å². The van der Waals surface area contributed by atoms with Gasteiger partial charge in [0, 0.05) is 144 Å². The normalized spacial score (nSPS) is 10.0. The molecule has 10 aromatic carbocycles. The van der Waals surface area contributed by atoms with Crippen molar-refractivity contribution in [3.05, 3.63) is 417 Å². The molecular formula is C98H81FIr5N5O4-5. The molecule has 5 aromatic heterocycles. The quantitative estimate of drug-likeness (QED) is 0.0695. The van der Waals surface area contributed by atoms with E-state index in [0.717, 1.165) is 61.7 Å². The fourth-order valence-corrected chi connectivity index (χ4v) is 11.1. The number of hydrogen-bond donors (Lipinski definition) is 2. The summed E-state index contributed by atoms with van der Waals surface area (Å²) in [5.41, 5.74) is 25.1. The summed E-state index contributed by atoms with van der Waals surface area (Å²) < 4.78 is 13.2. The van der Waals surface area contributed by atoms with Crippen LogP contribution < -0.4 is 0 Å². The summed E-state index contributed by atoms with van der Waals surface area (Å²) in [6, 6.07) is 119. The molecule has 0 atom stereocenters. The topological polar surface area (TPSA) is 139 Å². The molecule has 0 aliphatic rings. The molecule has 15 rings (SSSR count). The van der Waals surface area contributed by atoms with E-state index < -0.39 is 0 Å². The van der Waals surface area contributed by atoms with Gasteiger partial charge in [0.2, 0.25) is 0 Å². The van der Waals surface area contributed by atoms with Crippen LogP contribution in [-0.2, 0) is 110 Å². The van der Waals surface area contributed by atoms with Crippen LogP contribution >= 0.6 is 0 Å². The predicted octanol–water partition coefficient (Wildman–Crippen LogP) is 24.2. The number of benzene rings is 10. The molecular weight excluding hydrogens is 2290 g/mol. The maximum Gasteiger partial charge on any atom is 0.155 e. The molecule has 579 valence electrons. The average Bonchev–Trinajstić information content (AvgIpc) is 0.798. The number of nitrogens with zero attached hydrogens (tertiary/aromatic N) is 5. The molecule has 0 spiro atoms. The summed E-state index contributed by atoms with van der Waals surface area (Å²) in [4.78, 5) is 41.6. The summed E-state index contributed by atoms with van der Waals surface area (Å²) in [5.74, 6) is -0.413. The summed E-state index contributed by atoms with van der Waals surface area (Å²) in [6.45, 7) is 12.1. The van der Waals surface area contributed by atoms with Crippen molar-refractivity contribution >= 4 is 11.6 Å². The zero-order chi connectivity index (χ0) is 76.2. The number of aryl methyl sites for hydroxylation is 2. The molecule has 5 heterocycles. The van der Waals surface area contributed by atoms with Gasteiger partial charge in [-0.15, -0.1) is 154 Å². The molecule has 5 radical (unpaired) electrons. The molecule has 9 nitrogen and oxygen atoms in total. The largest absolute Gasteiger partial charge is 0.512 e. The molecule has 2 N–H and O–H groups in total. The molecule has 15 aromatic rings. The van der Waals surface area contributed by atoms with Crippen LogP contribution in [0.15, 0.2) is 364 Å². The number of halogens is 1. The van der Waals surface area contributed by atoms with Crippen molar-refractivity contribution in [1.29, 1.82) is 0 Å². The first kappa shape index (κ1) is 94.9. The summed E-state index contributed by atoms with van der Waals surface area (Å²) in [6.07, 6.45) is 11.0. The van der Waals surface area contributed by atoms with Crippen molar-refractivity contribution in [2.24, 2.45) is 0 Å². The fraction of sp³-hybridized carbons (Fsp3) is 0.0714. The number of allylic oxidation sites excluding steroid dienone is 4. The van der Waals surface area contributed by atoms with E-state index in [1.807, 2.05) is 176 Å². The van der Waals surface area contributed by atoms with E-state index in [2.05, 4.69) is 203 Å². The van der Waals surface area contributed by atoms with Crippen molar-refractivity contribution in [1.82, 2.24) is 24.9 Å². The van der Waals surface area contributed by atoms with Gasteiger partial charge in [-0.2, -0.15) is 0 Å². The SMILES string of the molecule is CC(=O)C=C(C)O.CC(=O)C=C(C)O.Cc1c(-c2ccccn2)[c-]ccc1-c1ccccc1.Cc1ccccc1-c1c[c-]c(-c2ccccn2)cc1.Cc1ccccc1-c1c[c-]c(-c2ccccn2)cc1.Fc1ccnc(-c2[c-]ccc(-c3ccccc3)c2)c1.[Ir].[Ir].[Ir].[Ir].[Ir].[c-]1cc(-c2ccccc2)ccc1-c1ccccn1. The second-order valence-corrected chi connectivity index (χ2v) is 24.6. The number of ketones is 2.